The van der Waals surface area contributed by atoms with E-state index in [1.54, 1.807) is 0 Å². The van der Waals surface area contributed by atoms with E-state index in [-0.39, 0.29) is 19.2 Å². The summed E-state index contributed by atoms with van der Waals surface area (Å²) in [6.45, 7) is 4.41. The minimum Gasteiger partial charge on any atom is -0.457 e. The Kier molecular flexibility index (Phi) is 41.7. The highest BCUT2D eigenvalue weighted by molar-refractivity contribution is 5.69. The van der Waals surface area contributed by atoms with Crippen molar-refractivity contribution in [3.05, 3.63) is 72.9 Å². The Labute approximate surface area is 385 Å². The fourth-order valence-corrected chi connectivity index (χ4v) is 7.40. The van der Waals surface area contributed by atoms with Crippen molar-refractivity contribution >= 4 is 5.97 Å². The molecule has 0 aromatic carbocycles. The molecular weight excluding hydrogens is 793 g/mol. The second-order valence-electron chi connectivity index (χ2n) is 17.2. The number of rotatable bonds is 43. The van der Waals surface area contributed by atoms with E-state index in [0.717, 1.165) is 83.5 Å². The predicted octanol–water partition coefficient (Wildman–Crippen LogP) is 12.4. The van der Waals surface area contributed by atoms with Crippen molar-refractivity contribution in [2.75, 3.05) is 26.4 Å². The van der Waals surface area contributed by atoms with E-state index in [2.05, 4.69) is 86.8 Å². The van der Waals surface area contributed by atoms with Gasteiger partial charge < -0.3 is 39.4 Å². The number of carbonyl (C=O) groups is 1. The minimum absolute atomic E-state index is 0.122. The highest BCUT2D eigenvalue weighted by atomic mass is 16.7. The molecule has 0 bridgehead atoms. The van der Waals surface area contributed by atoms with Crippen LogP contribution in [0.2, 0.25) is 0 Å². The van der Waals surface area contributed by atoms with Gasteiger partial charge in [-0.1, -0.05) is 183 Å². The number of aliphatic hydroxyl groups excluding tert-OH is 4. The lowest BCUT2D eigenvalue weighted by Gasteiger charge is -2.39. The molecule has 0 spiro atoms. The number of hydrogen-bond acceptors (Lipinski definition) is 9. The lowest BCUT2D eigenvalue weighted by Crippen LogP contribution is -2.59. The van der Waals surface area contributed by atoms with Crippen LogP contribution in [0.25, 0.3) is 0 Å². The average Bonchev–Trinajstić information content (AvgIpc) is 3.28. The average molecular weight is 887 g/mol. The van der Waals surface area contributed by atoms with E-state index in [1.165, 1.54) is 96.3 Å². The molecule has 1 rings (SSSR count). The number of allylic oxidation sites excluding steroid dienone is 12. The van der Waals surface area contributed by atoms with E-state index in [0.29, 0.717) is 13.0 Å². The normalized spacial score (nSPS) is 20.3. The number of unbranched alkanes of at least 4 members (excludes halogenated alkanes) is 20. The molecule has 1 aliphatic rings. The summed E-state index contributed by atoms with van der Waals surface area (Å²) in [6.07, 6.45) is 52.1. The van der Waals surface area contributed by atoms with Crippen molar-refractivity contribution < 1.29 is 44.2 Å². The molecule has 9 nitrogen and oxygen atoms in total. The zero-order valence-corrected chi connectivity index (χ0v) is 40.1. The van der Waals surface area contributed by atoms with E-state index in [4.69, 9.17) is 18.9 Å². The van der Waals surface area contributed by atoms with Crippen LogP contribution < -0.4 is 0 Å². The lowest BCUT2D eigenvalue weighted by molar-refractivity contribution is -0.305. The summed E-state index contributed by atoms with van der Waals surface area (Å²) in [7, 11) is 0. The molecule has 1 aliphatic heterocycles. The second kappa shape index (κ2) is 44.8. The minimum atomic E-state index is -1.54. The zero-order chi connectivity index (χ0) is 45.7. The highest BCUT2D eigenvalue weighted by Gasteiger charge is 2.44. The molecule has 1 heterocycles. The summed E-state index contributed by atoms with van der Waals surface area (Å²) >= 11 is 0. The summed E-state index contributed by atoms with van der Waals surface area (Å²) in [5, 5.41) is 40.2. The molecule has 1 fully saturated rings. The maximum atomic E-state index is 12.8. The van der Waals surface area contributed by atoms with Crippen LogP contribution in [-0.2, 0) is 23.7 Å². The van der Waals surface area contributed by atoms with Crippen molar-refractivity contribution in [2.45, 2.75) is 237 Å². The van der Waals surface area contributed by atoms with Gasteiger partial charge in [0.05, 0.1) is 19.8 Å². The first-order valence-corrected chi connectivity index (χ1v) is 25.5. The number of esters is 1. The first-order valence-electron chi connectivity index (χ1n) is 25.5. The first kappa shape index (κ1) is 58.6. The second-order valence-corrected chi connectivity index (χ2v) is 17.2. The summed E-state index contributed by atoms with van der Waals surface area (Å²) < 4.78 is 22.9. The topological polar surface area (TPSA) is 135 Å². The van der Waals surface area contributed by atoms with Crippen molar-refractivity contribution in [3.63, 3.8) is 0 Å². The van der Waals surface area contributed by atoms with Crippen LogP contribution in [0.1, 0.15) is 200 Å². The Hall–Kier alpha value is -2.37. The first-order chi connectivity index (χ1) is 30.9. The Morgan fingerprint density at radius 1 is 0.524 bits per heavy atom. The molecule has 0 aliphatic carbocycles. The van der Waals surface area contributed by atoms with Crippen LogP contribution >= 0.6 is 0 Å². The molecule has 0 saturated carbocycles. The van der Waals surface area contributed by atoms with Crippen LogP contribution in [-0.4, -0.2) is 89.6 Å². The van der Waals surface area contributed by atoms with Crippen LogP contribution in [0.3, 0.4) is 0 Å². The van der Waals surface area contributed by atoms with E-state index < -0.39 is 43.4 Å². The monoisotopic (exact) mass is 887 g/mol. The number of aliphatic hydroxyl groups is 4. The van der Waals surface area contributed by atoms with Crippen molar-refractivity contribution in [1.82, 2.24) is 0 Å². The van der Waals surface area contributed by atoms with E-state index in [1.807, 2.05) is 0 Å². The van der Waals surface area contributed by atoms with Crippen LogP contribution in [0.5, 0.6) is 0 Å². The third-order valence-corrected chi connectivity index (χ3v) is 11.4. The highest BCUT2D eigenvalue weighted by Crippen LogP contribution is 2.23. The third kappa shape index (κ3) is 35.6. The quantitative estimate of drug-likeness (QED) is 0.0268. The zero-order valence-electron chi connectivity index (χ0n) is 40.1. The molecule has 364 valence electrons. The third-order valence-electron chi connectivity index (χ3n) is 11.4. The van der Waals surface area contributed by atoms with Gasteiger partial charge in [-0.15, -0.1) is 0 Å². The van der Waals surface area contributed by atoms with E-state index in [9.17, 15) is 25.2 Å². The number of hydrogen-bond donors (Lipinski definition) is 4. The molecule has 63 heavy (non-hydrogen) atoms. The molecular formula is C54H94O9. The molecule has 0 aromatic rings. The van der Waals surface area contributed by atoms with Crippen LogP contribution in [0.4, 0.5) is 0 Å². The van der Waals surface area contributed by atoms with E-state index >= 15 is 0 Å². The smallest absolute Gasteiger partial charge is 0.306 e. The van der Waals surface area contributed by atoms with Gasteiger partial charge in [0.15, 0.2) is 6.29 Å². The maximum Gasteiger partial charge on any atom is 0.306 e. The summed E-state index contributed by atoms with van der Waals surface area (Å²) in [5.41, 5.74) is 0. The number of ether oxygens (including phenoxy) is 4. The standard InChI is InChI=1S/C54H94O9/c1-3-5-7-9-11-13-15-17-19-21-22-23-24-25-26-27-29-31-33-35-37-39-41-43-50(56)62-48(47-61-54-53(59)52(58)51(57)49(45-55)63-54)46-60-44-42-40-38-36-34-32-30-28-20-18-16-14-12-10-8-6-4-2/h5,7,11,13-14,16-17,19-20,22-23,28,48-49,51-55,57-59H,3-4,6,8-10,12,15,18,21,24-27,29-47H2,1-2H3/b7-5-,13-11-,16-14-,19-17-,23-22-,28-20-. The molecule has 0 amide bonds. The van der Waals surface area contributed by atoms with Crippen LogP contribution in [0.15, 0.2) is 72.9 Å². The Balaban J connectivity index is 2.22. The fraction of sp³-hybridized carbons (Fsp3) is 0.759. The molecule has 9 heteroatoms. The Bertz CT molecular complexity index is 1190. The Morgan fingerprint density at radius 2 is 0.968 bits per heavy atom. The largest absolute Gasteiger partial charge is 0.457 e. The van der Waals surface area contributed by atoms with Crippen molar-refractivity contribution in [1.29, 1.82) is 0 Å². The van der Waals surface area contributed by atoms with Gasteiger partial charge in [0.2, 0.25) is 0 Å². The van der Waals surface area contributed by atoms with Gasteiger partial charge in [0.25, 0.3) is 0 Å². The molecule has 6 unspecified atom stereocenters. The lowest BCUT2D eigenvalue weighted by atomic mass is 9.99. The summed E-state index contributed by atoms with van der Waals surface area (Å²) in [6, 6.07) is 0. The van der Waals surface area contributed by atoms with Gasteiger partial charge in [-0.25, -0.2) is 0 Å². The maximum absolute atomic E-state index is 12.8. The van der Waals surface area contributed by atoms with Gasteiger partial charge in [-0.3, -0.25) is 4.79 Å². The SMILES string of the molecule is CC/C=C\C/C=C\C/C=C\C/C=C\CCCCCCCCCCCCC(=O)OC(COCCCCCCCC/C=C\C/C=C\CCCCCC)COC1OC(CO)C(O)C(O)C1O. The molecule has 6 atom stereocenters. The molecule has 0 aromatic heterocycles. The fourth-order valence-electron chi connectivity index (χ4n) is 7.40. The van der Waals surface area contributed by atoms with Crippen LogP contribution in [0, 0.1) is 0 Å². The van der Waals surface area contributed by atoms with Gasteiger partial charge in [-0.05, 0) is 83.5 Å². The van der Waals surface area contributed by atoms with Gasteiger partial charge in [-0.2, -0.15) is 0 Å². The number of carbonyl (C=O) groups excluding carboxylic acids is 1. The Morgan fingerprint density at radius 3 is 1.46 bits per heavy atom. The molecule has 0 radical (unpaired) electrons. The van der Waals surface area contributed by atoms with Crippen molar-refractivity contribution in [2.24, 2.45) is 0 Å². The summed E-state index contributed by atoms with van der Waals surface area (Å²) in [4.78, 5) is 12.8. The summed E-state index contributed by atoms with van der Waals surface area (Å²) in [5.74, 6) is -0.324. The van der Waals surface area contributed by atoms with Gasteiger partial charge in [0.1, 0.15) is 30.5 Å². The predicted molar refractivity (Wildman–Crippen MR) is 260 cm³/mol. The van der Waals surface area contributed by atoms with Gasteiger partial charge >= 0.3 is 5.97 Å². The van der Waals surface area contributed by atoms with Crippen molar-refractivity contribution in [3.8, 4) is 0 Å². The molecule has 4 N–H and O–H groups in total. The van der Waals surface area contributed by atoms with Gasteiger partial charge in [0, 0.05) is 13.0 Å². The molecule has 1 saturated heterocycles.